The third-order valence-corrected chi connectivity index (χ3v) is 3.92. The molecule has 3 rings (SSSR count). The van der Waals surface area contributed by atoms with Gasteiger partial charge in [-0.1, -0.05) is 13.0 Å². The maximum atomic E-state index is 13.4. The number of nitrogens with zero attached hydrogens (tertiary/aromatic N) is 2. The van der Waals surface area contributed by atoms with Gasteiger partial charge in [-0.2, -0.15) is 23.4 Å². The highest BCUT2D eigenvalue weighted by molar-refractivity contribution is 6.05. The predicted octanol–water partition coefficient (Wildman–Crippen LogP) is 2.90. The van der Waals surface area contributed by atoms with Crippen molar-refractivity contribution >= 4 is 17.3 Å². The highest BCUT2D eigenvalue weighted by atomic mass is 19.4. The summed E-state index contributed by atoms with van der Waals surface area (Å²) in [4.78, 5) is 11.4. The van der Waals surface area contributed by atoms with Crippen molar-refractivity contribution in [1.82, 2.24) is 15.6 Å². The zero-order valence-electron chi connectivity index (χ0n) is 13.3. The molecule has 1 aromatic heterocycles. The van der Waals surface area contributed by atoms with E-state index < -0.39 is 11.7 Å². The highest BCUT2D eigenvalue weighted by Gasteiger charge is 2.34. The van der Waals surface area contributed by atoms with Gasteiger partial charge in [-0.3, -0.25) is 9.89 Å². The smallest absolute Gasteiger partial charge is 0.379 e. The Morgan fingerprint density at radius 3 is 2.76 bits per heavy atom. The quantitative estimate of drug-likeness (QED) is 0.792. The first kappa shape index (κ1) is 17.0. The monoisotopic (exact) mass is 351 g/mol. The van der Waals surface area contributed by atoms with Gasteiger partial charge >= 0.3 is 6.18 Å². The molecule has 0 aliphatic carbocycles. The fourth-order valence-electron chi connectivity index (χ4n) is 2.53. The minimum Gasteiger partial charge on any atom is -0.379 e. The lowest BCUT2D eigenvalue weighted by Crippen LogP contribution is -2.33. The van der Waals surface area contributed by atoms with E-state index >= 15 is 0 Å². The molecule has 132 valence electrons. The summed E-state index contributed by atoms with van der Waals surface area (Å²) in [5, 5.41) is 13.2. The van der Waals surface area contributed by atoms with Crippen LogP contribution in [0.25, 0.3) is 0 Å². The number of anilines is 1. The first-order valence-electron chi connectivity index (χ1n) is 7.65. The Morgan fingerprint density at radius 1 is 1.32 bits per heavy atom. The van der Waals surface area contributed by atoms with Crippen LogP contribution in [0, 0.1) is 5.92 Å². The summed E-state index contributed by atoms with van der Waals surface area (Å²) >= 11 is 0. The molecule has 25 heavy (non-hydrogen) atoms. The van der Waals surface area contributed by atoms with Gasteiger partial charge in [0.25, 0.3) is 0 Å². The molecular weight excluding hydrogens is 335 g/mol. The molecule has 1 aliphatic heterocycles. The number of aromatic amines is 1. The van der Waals surface area contributed by atoms with E-state index in [1.54, 1.807) is 25.3 Å². The molecule has 1 aromatic carbocycles. The zero-order valence-corrected chi connectivity index (χ0v) is 13.3. The van der Waals surface area contributed by atoms with Gasteiger partial charge in [0, 0.05) is 24.2 Å². The Balaban J connectivity index is 1.89. The molecule has 2 heterocycles. The Hall–Kier alpha value is -2.84. The first-order valence-corrected chi connectivity index (χ1v) is 7.65. The number of H-pyrrole nitrogens is 1. The van der Waals surface area contributed by atoms with Crippen molar-refractivity contribution in [1.29, 1.82) is 0 Å². The van der Waals surface area contributed by atoms with Crippen molar-refractivity contribution in [2.24, 2.45) is 11.0 Å². The molecule has 0 fully saturated rings. The number of nitrogens with one attached hydrogen (secondary N) is 3. The number of amides is 1. The summed E-state index contributed by atoms with van der Waals surface area (Å²) in [6.07, 6.45) is -2.63. The van der Waals surface area contributed by atoms with Crippen LogP contribution in [0.15, 0.2) is 35.6 Å². The summed E-state index contributed by atoms with van der Waals surface area (Å²) in [5.41, 5.74) is 2.89. The van der Waals surface area contributed by atoms with Gasteiger partial charge in [0.15, 0.2) is 0 Å². The van der Waals surface area contributed by atoms with E-state index in [-0.39, 0.29) is 24.1 Å². The molecule has 0 unspecified atom stereocenters. The van der Waals surface area contributed by atoms with Crippen molar-refractivity contribution in [2.75, 3.05) is 5.32 Å². The van der Waals surface area contributed by atoms with Gasteiger partial charge in [0.1, 0.15) is 0 Å². The number of hydrogen-bond donors (Lipinski definition) is 3. The largest absolute Gasteiger partial charge is 0.418 e. The van der Waals surface area contributed by atoms with Gasteiger partial charge in [-0.05, 0) is 23.8 Å². The van der Waals surface area contributed by atoms with E-state index in [0.29, 0.717) is 23.4 Å². The standard InChI is InChI=1S/C16H16F3N5O/c1-9-6-14(23-24-15(9)25)10-2-3-13(12(7-10)16(17,18)19)20-8-11-4-5-21-22-11/h2-5,7,9,20H,6,8H2,1H3,(H,21,22)(H,24,25)/t9-/m0/s1. The number of hydrazone groups is 1. The lowest BCUT2D eigenvalue weighted by molar-refractivity contribution is -0.137. The number of halogens is 3. The molecule has 0 spiro atoms. The molecule has 1 atom stereocenters. The van der Waals surface area contributed by atoms with Crippen LogP contribution >= 0.6 is 0 Å². The van der Waals surface area contributed by atoms with E-state index in [4.69, 9.17) is 0 Å². The second kappa shape index (κ2) is 6.58. The molecule has 1 aliphatic rings. The summed E-state index contributed by atoms with van der Waals surface area (Å²) < 4.78 is 40.3. The maximum absolute atomic E-state index is 13.4. The van der Waals surface area contributed by atoms with E-state index in [1.165, 1.54) is 6.07 Å². The van der Waals surface area contributed by atoms with Crippen LogP contribution in [-0.2, 0) is 17.5 Å². The van der Waals surface area contributed by atoms with Gasteiger partial charge < -0.3 is 5.32 Å². The van der Waals surface area contributed by atoms with E-state index in [2.05, 4.69) is 26.0 Å². The molecule has 0 radical (unpaired) electrons. The van der Waals surface area contributed by atoms with Crippen molar-refractivity contribution in [3.05, 3.63) is 47.3 Å². The average molecular weight is 351 g/mol. The number of carbonyl (C=O) groups is 1. The summed E-state index contributed by atoms with van der Waals surface area (Å²) in [6.45, 7) is 1.87. The van der Waals surface area contributed by atoms with Crippen molar-refractivity contribution in [2.45, 2.75) is 26.1 Å². The lowest BCUT2D eigenvalue weighted by Gasteiger charge is -2.20. The minimum atomic E-state index is -4.52. The molecule has 0 saturated heterocycles. The Labute approximate surface area is 141 Å². The predicted molar refractivity (Wildman–Crippen MR) is 85.8 cm³/mol. The van der Waals surface area contributed by atoms with Crippen LogP contribution in [0.5, 0.6) is 0 Å². The second-order valence-corrected chi connectivity index (χ2v) is 5.82. The highest BCUT2D eigenvalue weighted by Crippen LogP contribution is 2.36. The van der Waals surface area contributed by atoms with Crippen LogP contribution in [0.2, 0.25) is 0 Å². The molecule has 0 bridgehead atoms. The number of rotatable bonds is 4. The Kier molecular flexibility index (Phi) is 4.47. The van der Waals surface area contributed by atoms with Crippen molar-refractivity contribution < 1.29 is 18.0 Å². The summed E-state index contributed by atoms with van der Waals surface area (Å²) in [6, 6.07) is 5.66. The van der Waals surface area contributed by atoms with Gasteiger partial charge in [-0.25, -0.2) is 5.43 Å². The SMILES string of the molecule is C[C@H]1CC(c2ccc(NCc3cc[nH]n3)c(C(F)(F)F)c2)=NNC1=O. The lowest BCUT2D eigenvalue weighted by atomic mass is 9.95. The zero-order chi connectivity index (χ0) is 18.0. The second-order valence-electron chi connectivity index (χ2n) is 5.82. The third-order valence-electron chi connectivity index (χ3n) is 3.92. The fourth-order valence-corrected chi connectivity index (χ4v) is 2.53. The molecule has 9 heteroatoms. The van der Waals surface area contributed by atoms with Crippen LogP contribution in [0.4, 0.5) is 18.9 Å². The molecule has 1 amide bonds. The van der Waals surface area contributed by atoms with Gasteiger partial charge in [0.05, 0.1) is 23.5 Å². The molecule has 0 saturated carbocycles. The Bertz CT molecular complexity index is 799. The summed E-state index contributed by atoms with van der Waals surface area (Å²) in [7, 11) is 0. The number of alkyl halides is 3. The molecule has 3 N–H and O–H groups in total. The summed E-state index contributed by atoms with van der Waals surface area (Å²) in [5.74, 6) is -0.573. The van der Waals surface area contributed by atoms with Gasteiger partial charge in [-0.15, -0.1) is 0 Å². The normalized spacial score (nSPS) is 17.8. The van der Waals surface area contributed by atoms with E-state index in [1.807, 2.05) is 0 Å². The topological polar surface area (TPSA) is 82.2 Å². The van der Waals surface area contributed by atoms with Crippen molar-refractivity contribution in [3.8, 4) is 0 Å². The third kappa shape index (κ3) is 3.81. The minimum absolute atomic E-state index is 0.0345. The Morgan fingerprint density at radius 2 is 2.12 bits per heavy atom. The number of carbonyl (C=O) groups excluding carboxylic acids is 1. The van der Waals surface area contributed by atoms with E-state index in [9.17, 15) is 18.0 Å². The number of aromatic nitrogens is 2. The number of hydrogen-bond acceptors (Lipinski definition) is 4. The van der Waals surface area contributed by atoms with Crippen LogP contribution in [0.3, 0.4) is 0 Å². The van der Waals surface area contributed by atoms with Crippen molar-refractivity contribution in [3.63, 3.8) is 0 Å². The molecule has 2 aromatic rings. The molecule has 6 nitrogen and oxygen atoms in total. The van der Waals surface area contributed by atoms with Crippen LogP contribution in [-0.4, -0.2) is 21.8 Å². The van der Waals surface area contributed by atoms with Gasteiger partial charge in [0.2, 0.25) is 5.91 Å². The van der Waals surface area contributed by atoms with Crippen LogP contribution < -0.4 is 10.7 Å². The van der Waals surface area contributed by atoms with Crippen LogP contribution in [0.1, 0.15) is 30.2 Å². The average Bonchev–Trinajstić information content (AvgIpc) is 3.08. The molecular formula is C16H16F3N5O. The first-order chi connectivity index (χ1) is 11.8. The number of benzene rings is 1. The van der Waals surface area contributed by atoms with E-state index in [0.717, 1.165) is 6.07 Å². The maximum Gasteiger partial charge on any atom is 0.418 e. The fraction of sp³-hybridized carbons (Fsp3) is 0.312.